The minimum Gasteiger partial charge on any atom is -0.310 e. The highest BCUT2D eigenvalue weighted by atomic mass is 15.1. The molecule has 4 nitrogen and oxygen atoms in total. The third-order valence-corrected chi connectivity index (χ3v) is 19.0. The molecule has 0 aliphatic rings. The number of aromatic nitrogens is 3. The Hall–Kier alpha value is -12.5. The second kappa shape index (κ2) is 22.8. The second-order valence-electron chi connectivity index (χ2n) is 24.3. The summed E-state index contributed by atoms with van der Waals surface area (Å²) in [7, 11) is 0. The molecule has 0 saturated heterocycles. The van der Waals surface area contributed by atoms with Crippen molar-refractivity contribution in [3.63, 3.8) is 0 Å². The first-order valence-corrected chi connectivity index (χ1v) is 32.3. The number of benzene rings is 15. The van der Waals surface area contributed by atoms with E-state index >= 15 is 0 Å². The summed E-state index contributed by atoms with van der Waals surface area (Å²) in [5, 5.41) is 9.57. The molecule has 0 aliphatic carbocycles. The van der Waals surface area contributed by atoms with Crippen LogP contribution in [-0.4, -0.2) is 13.7 Å². The molecule has 4 heteroatoms. The lowest BCUT2D eigenvalue weighted by Crippen LogP contribution is -2.10. The third-order valence-electron chi connectivity index (χ3n) is 19.0. The van der Waals surface area contributed by atoms with Gasteiger partial charge in [0.2, 0.25) is 0 Å². The van der Waals surface area contributed by atoms with E-state index in [2.05, 4.69) is 383 Å². The van der Waals surface area contributed by atoms with E-state index in [1.54, 1.807) is 0 Å². The van der Waals surface area contributed by atoms with Crippen LogP contribution in [0, 0.1) is 0 Å². The van der Waals surface area contributed by atoms with Crippen molar-refractivity contribution in [2.45, 2.75) is 0 Å². The SMILES string of the molecule is c1ccc(-c2c(-c3ccccc3)n(-c3ccccc3)c3c2cc(-c2ccc(N(c4ccc(-c5cc6c(-c7ccccc7)c(-c7ccccc7)n(-c7ccccc7)c6c6ccccc56)cc4)c4ccc5c(c4)c4ccccc4n5-c4ccccc4)cc2)c2ccccc23)cc1. The van der Waals surface area contributed by atoms with Gasteiger partial charge in [-0.25, -0.2) is 0 Å². The zero-order valence-corrected chi connectivity index (χ0v) is 51.4. The zero-order valence-electron chi connectivity index (χ0n) is 51.4. The number of fused-ring (bicyclic) bond motifs is 9. The monoisotopic (exact) mass is 1200 g/mol. The zero-order chi connectivity index (χ0) is 62.1. The molecule has 0 atom stereocenters. The van der Waals surface area contributed by atoms with Crippen LogP contribution in [0.2, 0.25) is 0 Å². The molecule has 0 spiro atoms. The molecule has 18 aromatic rings. The first-order valence-electron chi connectivity index (χ1n) is 32.3. The number of rotatable bonds is 12. The normalized spacial score (nSPS) is 11.6. The van der Waals surface area contributed by atoms with Crippen LogP contribution in [0.25, 0.3) is 149 Å². The quantitative estimate of drug-likeness (QED) is 0.119. The molecule has 0 aliphatic heterocycles. The Balaban J connectivity index is 0.833. The van der Waals surface area contributed by atoms with Gasteiger partial charge in [-0.3, -0.25) is 0 Å². The van der Waals surface area contributed by atoms with Crippen LogP contribution in [0.4, 0.5) is 17.1 Å². The predicted molar refractivity (Wildman–Crippen MR) is 397 cm³/mol. The summed E-state index contributed by atoms with van der Waals surface area (Å²) in [6.45, 7) is 0. The van der Waals surface area contributed by atoms with Gasteiger partial charge in [0.1, 0.15) is 0 Å². The van der Waals surface area contributed by atoms with Crippen molar-refractivity contribution >= 4 is 82.2 Å². The van der Waals surface area contributed by atoms with Gasteiger partial charge in [0.05, 0.1) is 33.5 Å². The van der Waals surface area contributed by atoms with E-state index in [1.165, 1.54) is 104 Å². The van der Waals surface area contributed by atoms with Gasteiger partial charge in [0, 0.05) is 77.6 Å². The fourth-order valence-corrected chi connectivity index (χ4v) is 14.9. The Morgan fingerprint density at radius 3 is 0.926 bits per heavy atom. The maximum Gasteiger partial charge on any atom is 0.0620 e. The minimum absolute atomic E-state index is 1.05. The van der Waals surface area contributed by atoms with Gasteiger partial charge in [-0.1, -0.05) is 267 Å². The Kier molecular flexibility index (Phi) is 13.2. The lowest BCUT2D eigenvalue weighted by molar-refractivity contribution is 1.14. The summed E-state index contributed by atoms with van der Waals surface area (Å²) >= 11 is 0. The van der Waals surface area contributed by atoms with Gasteiger partial charge in [0.25, 0.3) is 0 Å². The van der Waals surface area contributed by atoms with E-state index in [4.69, 9.17) is 0 Å². The average Bonchev–Trinajstić information content (AvgIpc) is 1.26. The van der Waals surface area contributed by atoms with Gasteiger partial charge >= 0.3 is 0 Å². The van der Waals surface area contributed by atoms with Crippen LogP contribution in [0.3, 0.4) is 0 Å². The van der Waals surface area contributed by atoms with Crippen LogP contribution in [0.5, 0.6) is 0 Å². The van der Waals surface area contributed by atoms with Crippen LogP contribution >= 0.6 is 0 Å². The summed E-state index contributed by atoms with van der Waals surface area (Å²) in [6, 6.07) is 133. The topological polar surface area (TPSA) is 18.0 Å². The predicted octanol–water partition coefficient (Wildman–Crippen LogP) is 24.4. The average molecular weight is 1200 g/mol. The van der Waals surface area contributed by atoms with Gasteiger partial charge in [-0.2, -0.15) is 0 Å². The lowest BCUT2D eigenvalue weighted by atomic mass is 9.92. The molecule has 15 aromatic carbocycles. The van der Waals surface area contributed by atoms with E-state index in [0.717, 1.165) is 61.9 Å². The first kappa shape index (κ1) is 54.4. The molecular weight excluding hydrogens is 1140 g/mol. The van der Waals surface area contributed by atoms with E-state index in [1.807, 2.05) is 0 Å². The fourth-order valence-electron chi connectivity index (χ4n) is 14.9. The molecule has 0 fully saturated rings. The molecule has 0 amide bonds. The highest BCUT2D eigenvalue weighted by molar-refractivity contribution is 6.22. The minimum atomic E-state index is 1.05. The smallest absolute Gasteiger partial charge is 0.0620 e. The molecule has 440 valence electrons. The summed E-state index contributed by atoms with van der Waals surface area (Å²) in [4.78, 5) is 2.43. The molecule has 3 heterocycles. The highest BCUT2D eigenvalue weighted by Crippen LogP contribution is 2.51. The molecule has 94 heavy (non-hydrogen) atoms. The van der Waals surface area contributed by atoms with E-state index in [-0.39, 0.29) is 0 Å². The molecule has 0 N–H and O–H groups in total. The van der Waals surface area contributed by atoms with Gasteiger partial charge in [-0.15, -0.1) is 0 Å². The van der Waals surface area contributed by atoms with Gasteiger partial charge < -0.3 is 18.6 Å². The molecule has 0 unspecified atom stereocenters. The summed E-state index contributed by atoms with van der Waals surface area (Å²) < 4.78 is 7.38. The van der Waals surface area contributed by atoms with Crippen LogP contribution < -0.4 is 4.90 Å². The second-order valence-corrected chi connectivity index (χ2v) is 24.3. The van der Waals surface area contributed by atoms with Crippen molar-refractivity contribution in [2.75, 3.05) is 4.90 Å². The van der Waals surface area contributed by atoms with Gasteiger partial charge in [0.15, 0.2) is 0 Å². The molecule has 0 radical (unpaired) electrons. The Labute approximate surface area is 545 Å². The van der Waals surface area contributed by atoms with E-state index in [9.17, 15) is 0 Å². The number of hydrogen-bond donors (Lipinski definition) is 0. The molecule has 18 rings (SSSR count). The van der Waals surface area contributed by atoms with Crippen molar-refractivity contribution in [1.29, 1.82) is 0 Å². The molecule has 0 bridgehead atoms. The fraction of sp³-hybridized carbons (Fsp3) is 0. The van der Waals surface area contributed by atoms with Crippen LogP contribution in [0.15, 0.2) is 364 Å². The first-order chi connectivity index (χ1) is 46.7. The summed E-state index contributed by atoms with van der Waals surface area (Å²) in [6.07, 6.45) is 0. The van der Waals surface area contributed by atoms with Crippen molar-refractivity contribution < 1.29 is 0 Å². The van der Waals surface area contributed by atoms with Crippen molar-refractivity contribution in [3.05, 3.63) is 364 Å². The summed E-state index contributed by atoms with van der Waals surface area (Å²) in [5.41, 5.74) is 25.3. The number of nitrogens with zero attached hydrogens (tertiary/aromatic N) is 4. The molecular formula is C90H60N4. The van der Waals surface area contributed by atoms with Gasteiger partial charge in [-0.05, 0) is 152 Å². The molecule has 3 aromatic heterocycles. The van der Waals surface area contributed by atoms with E-state index in [0.29, 0.717) is 0 Å². The van der Waals surface area contributed by atoms with Crippen LogP contribution in [0.1, 0.15) is 0 Å². The van der Waals surface area contributed by atoms with Crippen molar-refractivity contribution in [3.8, 4) is 84.1 Å². The van der Waals surface area contributed by atoms with E-state index < -0.39 is 0 Å². The number of anilines is 3. The number of para-hydroxylation sites is 4. The van der Waals surface area contributed by atoms with Crippen molar-refractivity contribution in [1.82, 2.24) is 13.7 Å². The lowest BCUT2D eigenvalue weighted by Gasteiger charge is -2.26. The maximum absolute atomic E-state index is 2.49. The standard InChI is InChI=1S/C90H60N4/c1-8-28-63(29-9-1)85-81-59-78(73-42-22-24-45-76(73)89(81)93(68-38-18-6-19-39-68)87(85)65-32-12-3-13-33-65)61-48-52-70(53-49-61)91(72-56-57-84-80(58-72)75-44-26-27-47-83(75)92(84)67-36-16-5-17-37-67)71-54-50-62(51-55-71)79-60-82-86(64-30-10-2-11-31-64)88(66-34-14-4-15-35-66)94(69-40-20-7-21-41-69)90(82)77-46-25-23-43-74(77)79/h1-60H. The Morgan fingerprint density at radius 2 is 0.511 bits per heavy atom. The van der Waals surface area contributed by atoms with Crippen LogP contribution in [-0.2, 0) is 0 Å². The third kappa shape index (κ3) is 8.99. The van der Waals surface area contributed by atoms with Crippen molar-refractivity contribution in [2.24, 2.45) is 0 Å². The number of hydrogen-bond acceptors (Lipinski definition) is 1. The highest BCUT2D eigenvalue weighted by Gasteiger charge is 2.28. The largest absolute Gasteiger partial charge is 0.310 e. The Bertz CT molecular complexity index is 5550. The Morgan fingerprint density at radius 1 is 0.191 bits per heavy atom. The summed E-state index contributed by atoms with van der Waals surface area (Å²) in [5.74, 6) is 0. The maximum atomic E-state index is 2.49. The molecule has 0 saturated carbocycles.